The van der Waals surface area contributed by atoms with Gasteiger partial charge in [-0.15, -0.1) is 12.3 Å². The highest BCUT2D eigenvalue weighted by Gasteiger charge is 2.20. The van der Waals surface area contributed by atoms with Crippen molar-refractivity contribution in [2.24, 2.45) is 5.92 Å². The number of rotatable bonds is 14. The van der Waals surface area contributed by atoms with E-state index in [-0.39, 0.29) is 0 Å². The van der Waals surface area contributed by atoms with Gasteiger partial charge in [0.15, 0.2) is 0 Å². The standard InChI is InChI=1S/C30H46N2OS/c1-4-5-7-17-29(22-26-13-8-6-9-14-26)32-24-25(2)31-20-12-21-34(3,33)30-19-18-27-15-10-11-16-28(27)23-30/h1,10-11,15-16,23,25-26,29,31-32H,3,5-9,12-14,17-22,24H2,2H3/t25?,29-,34?/m1/s1. The zero-order valence-electron chi connectivity index (χ0n) is 21.3. The number of allylic oxidation sites excluding steroid dienone is 1. The quantitative estimate of drug-likeness (QED) is 0.200. The van der Waals surface area contributed by atoms with Crippen molar-refractivity contribution in [3.8, 4) is 12.3 Å². The molecule has 1 fully saturated rings. The van der Waals surface area contributed by atoms with Crippen LogP contribution in [0.3, 0.4) is 0 Å². The maximum Gasteiger partial charge on any atom is 0.0210 e. The van der Waals surface area contributed by atoms with E-state index in [9.17, 15) is 4.21 Å². The Kier molecular flexibility index (Phi) is 11.2. The summed E-state index contributed by atoms with van der Waals surface area (Å²) in [6.45, 7) is 4.09. The Hall–Kier alpha value is -1.54. The Morgan fingerprint density at radius 3 is 2.74 bits per heavy atom. The van der Waals surface area contributed by atoms with Crippen LogP contribution in [0, 0.1) is 18.3 Å². The summed E-state index contributed by atoms with van der Waals surface area (Å²) in [5.41, 5.74) is 2.56. The molecule has 0 amide bonds. The molecule has 0 saturated heterocycles. The maximum absolute atomic E-state index is 13.3. The molecular weight excluding hydrogens is 436 g/mol. The molecule has 2 aliphatic carbocycles. The van der Waals surface area contributed by atoms with E-state index in [0.717, 1.165) is 56.0 Å². The number of hydrogen-bond donors (Lipinski definition) is 2. The minimum Gasteiger partial charge on any atom is -0.313 e. The van der Waals surface area contributed by atoms with Crippen molar-refractivity contribution >= 4 is 21.5 Å². The summed E-state index contributed by atoms with van der Waals surface area (Å²) in [5, 5.41) is 7.47. The fourth-order valence-corrected chi connectivity index (χ4v) is 7.17. The first-order valence-corrected chi connectivity index (χ1v) is 15.4. The Balaban J connectivity index is 1.38. The Bertz CT molecular complexity index is 921. The lowest BCUT2D eigenvalue weighted by molar-refractivity contribution is 0.284. The number of benzene rings is 1. The van der Waals surface area contributed by atoms with E-state index in [0.29, 0.717) is 17.8 Å². The minimum absolute atomic E-state index is 0.392. The van der Waals surface area contributed by atoms with Crippen LogP contribution in [0.1, 0.15) is 88.7 Å². The molecule has 3 atom stereocenters. The van der Waals surface area contributed by atoms with Crippen LogP contribution in [0.2, 0.25) is 0 Å². The van der Waals surface area contributed by atoms with E-state index in [1.54, 1.807) is 0 Å². The van der Waals surface area contributed by atoms with Gasteiger partial charge in [0.25, 0.3) is 0 Å². The van der Waals surface area contributed by atoms with E-state index in [4.69, 9.17) is 6.42 Å². The molecule has 4 heteroatoms. The molecule has 0 aliphatic heterocycles. The van der Waals surface area contributed by atoms with Crippen LogP contribution in [0.25, 0.3) is 6.08 Å². The summed E-state index contributed by atoms with van der Waals surface area (Å²) in [6, 6.07) is 9.38. The predicted octanol–water partition coefficient (Wildman–Crippen LogP) is 5.79. The molecule has 34 heavy (non-hydrogen) atoms. The van der Waals surface area contributed by atoms with Gasteiger partial charge in [-0.2, -0.15) is 0 Å². The molecule has 188 valence electrons. The second-order valence-electron chi connectivity index (χ2n) is 10.5. The van der Waals surface area contributed by atoms with Gasteiger partial charge in [-0.1, -0.05) is 56.4 Å². The number of unbranched alkanes of at least 4 members (excludes halogenated alkanes) is 1. The Morgan fingerprint density at radius 1 is 1.15 bits per heavy atom. The van der Waals surface area contributed by atoms with Gasteiger partial charge in [0.05, 0.1) is 0 Å². The molecule has 0 spiro atoms. The van der Waals surface area contributed by atoms with Crippen LogP contribution in [0.5, 0.6) is 0 Å². The fourth-order valence-electron chi connectivity index (χ4n) is 5.48. The van der Waals surface area contributed by atoms with E-state index >= 15 is 0 Å². The van der Waals surface area contributed by atoms with Gasteiger partial charge >= 0.3 is 0 Å². The summed E-state index contributed by atoms with van der Waals surface area (Å²) < 4.78 is 13.3. The lowest BCUT2D eigenvalue weighted by Gasteiger charge is -2.28. The summed E-state index contributed by atoms with van der Waals surface area (Å²) >= 11 is 0. The van der Waals surface area contributed by atoms with Gasteiger partial charge in [-0.3, -0.25) is 4.21 Å². The van der Waals surface area contributed by atoms with Crippen LogP contribution in [-0.4, -0.2) is 41.0 Å². The molecule has 0 aromatic heterocycles. The van der Waals surface area contributed by atoms with E-state index in [1.165, 1.54) is 56.1 Å². The molecule has 0 bridgehead atoms. The second-order valence-corrected chi connectivity index (χ2v) is 13.0. The van der Waals surface area contributed by atoms with E-state index in [2.05, 4.69) is 59.7 Å². The number of aryl methyl sites for hydroxylation is 1. The summed E-state index contributed by atoms with van der Waals surface area (Å²) in [6.07, 6.45) is 21.8. The summed E-state index contributed by atoms with van der Waals surface area (Å²) in [5.74, 6) is 8.47. The van der Waals surface area contributed by atoms with E-state index in [1.807, 2.05) is 0 Å². The normalized spacial score (nSPS) is 19.9. The van der Waals surface area contributed by atoms with Gasteiger partial charge in [-0.25, -0.2) is 0 Å². The smallest absolute Gasteiger partial charge is 0.0210 e. The third-order valence-corrected chi connectivity index (χ3v) is 9.79. The molecule has 1 saturated carbocycles. The second kappa shape index (κ2) is 14.1. The molecule has 2 aliphatic rings. The number of hydrogen-bond acceptors (Lipinski definition) is 3. The van der Waals surface area contributed by atoms with Crippen molar-refractivity contribution in [2.75, 3.05) is 18.8 Å². The molecular formula is C30H46N2OS. The third kappa shape index (κ3) is 8.91. The third-order valence-electron chi connectivity index (χ3n) is 7.56. The van der Waals surface area contributed by atoms with Gasteiger partial charge in [-0.05, 0) is 90.5 Å². The van der Waals surface area contributed by atoms with Crippen LogP contribution < -0.4 is 10.6 Å². The van der Waals surface area contributed by atoms with E-state index < -0.39 is 9.52 Å². The molecule has 1 aromatic carbocycles. The SMILES string of the molecule is C#CCCC[C@H](CC1CCCCC1)NCC(C)NCCCS(=C)(=O)C1=Cc2ccccc2CC1. The number of terminal acetylenes is 1. The molecule has 3 nitrogen and oxygen atoms in total. The number of nitrogens with one attached hydrogen (secondary N) is 2. The van der Waals surface area contributed by atoms with Crippen LogP contribution in [0.15, 0.2) is 29.2 Å². The molecule has 2 unspecified atom stereocenters. The minimum atomic E-state index is -2.19. The Morgan fingerprint density at radius 2 is 1.94 bits per heavy atom. The van der Waals surface area contributed by atoms with Gasteiger partial charge in [0.1, 0.15) is 0 Å². The van der Waals surface area contributed by atoms with Crippen molar-refractivity contribution in [1.29, 1.82) is 0 Å². The van der Waals surface area contributed by atoms with Crippen molar-refractivity contribution in [1.82, 2.24) is 10.6 Å². The van der Waals surface area contributed by atoms with Crippen LogP contribution in [0.4, 0.5) is 0 Å². The van der Waals surface area contributed by atoms with Crippen molar-refractivity contribution in [2.45, 2.75) is 96.1 Å². The highest BCUT2D eigenvalue weighted by atomic mass is 32.2. The van der Waals surface area contributed by atoms with Crippen LogP contribution in [-0.2, 0) is 15.9 Å². The average molecular weight is 483 g/mol. The van der Waals surface area contributed by atoms with Gasteiger partial charge < -0.3 is 10.6 Å². The summed E-state index contributed by atoms with van der Waals surface area (Å²) in [7, 11) is -2.19. The molecule has 0 radical (unpaired) electrons. The topological polar surface area (TPSA) is 41.1 Å². The maximum atomic E-state index is 13.3. The largest absolute Gasteiger partial charge is 0.313 e. The lowest BCUT2D eigenvalue weighted by atomic mass is 9.84. The van der Waals surface area contributed by atoms with Gasteiger partial charge in [0.2, 0.25) is 0 Å². The first-order chi connectivity index (χ1) is 16.5. The highest BCUT2D eigenvalue weighted by molar-refractivity contribution is 8.03. The molecule has 1 aromatic rings. The molecule has 3 rings (SSSR count). The molecule has 0 heterocycles. The lowest BCUT2D eigenvalue weighted by Crippen LogP contribution is -2.42. The first-order valence-electron chi connectivity index (χ1n) is 13.5. The number of fused-ring (bicyclic) bond motifs is 1. The monoisotopic (exact) mass is 482 g/mol. The molecule has 2 N–H and O–H groups in total. The predicted molar refractivity (Wildman–Crippen MR) is 151 cm³/mol. The Labute approximate surface area is 209 Å². The van der Waals surface area contributed by atoms with Crippen molar-refractivity contribution in [3.63, 3.8) is 0 Å². The average Bonchev–Trinajstić information content (AvgIpc) is 2.85. The first kappa shape index (κ1) is 27.1. The highest BCUT2D eigenvalue weighted by Crippen LogP contribution is 2.29. The zero-order chi connectivity index (χ0) is 24.2. The zero-order valence-corrected chi connectivity index (χ0v) is 22.1. The van der Waals surface area contributed by atoms with Crippen molar-refractivity contribution in [3.05, 3.63) is 40.3 Å². The summed E-state index contributed by atoms with van der Waals surface area (Å²) in [4.78, 5) is 1.04. The van der Waals surface area contributed by atoms with Crippen LogP contribution >= 0.6 is 0 Å². The van der Waals surface area contributed by atoms with Gasteiger partial charge in [0, 0.05) is 35.7 Å². The fraction of sp³-hybridized carbons (Fsp3) is 0.633. The van der Waals surface area contributed by atoms with Crippen molar-refractivity contribution < 1.29 is 4.21 Å².